The molecule has 1 amide bonds. The van der Waals surface area contributed by atoms with Gasteiger partial charge in [0.05, 0.1) is 5.92 Å². The van der Waals surface area contributed by atoms with Gasteiger partial charge in [0.1, 0.15) is 6.10 Å². The molecule has 0 spiro atoms. The van der Waals surface area contributed by atoms with Gasteiger partial charge >= 0.3 is 5.97 Å². The number of alkyl halides is 2. The zero-order valence-corrected chi connectivity index (χ0v) is 8.98. The lowest BCUT2D eigenvalue weighted by Gasteiger charge is -2.17. The van der Waals surface area contributed by atoms with Gasteiger partial charge in [-0.05, 0) is 0 Å². The Morgan fingerprint density at radius 2 is 1.75 bits per heavy atom. The van der Waals surface area contributed by atoms with E-state index in [1.54, 1.807) is 0 Å². The summed E-state index contributed by atoms with van der Waals surface area (Å²) >= 11 is 0. The maximum Gasteiger partial charge on any atom is 0.307 e. The van der Waals surface area contributed by atoms with Crippen molar-refractivity contribution in [3.05, 3.63) is 0 Å². The molecule has 16 heavy (non-hydrogen) atoms. The van der Waals surface area contributed by atoms with E-state index in [0.29, 0.717) is 0 Å². The van der Waals surface area contributed by atoms with Crippen LogP contribution in [0.15, 0.2) is 0 Å². The summed E-state index contributed by atoms with van der Waals surface area (Å²) in [5.41, 5.74) is 0. The van der Waals surface area contributed by atoms with Crippen LogP contribution in [0, 0.1) is 11.8 Å². The third kappa shape index (κ3) is 4.52. The second kappa shape index (κ2) is 6.37. The normalized spacial score (nSPS) is 16.6. The standard InChI is InChI=1S/C9H15F2NO4/c1-4(5(2)9(15)16)8(14)12-3-6(13)7(10)11/h4-7,13H,3H2,1-2H3,(H,12,14)(H,15,16). The van der Waals surface area contributed by atoms with Crippen LogP contribution in [0.2, 0.25) is 0 Å². The highest BCUT2D eigenvalue weighted by molar-refractivity contribution is 5.84. The zero-order chi connectivity index (χ0) is 12.9. The summed E-state index contributed by atoms with van der Waals surface area (Å²) in [6, 6.07) is 0. The minimum absolute atomic E-state index is 0.590. The fourth-order valence-corrected chi connectivity index (χ4v) is 0.896. The molecule has 3 unspecified atom stereocenters. The van der Waals surface area contributed by atoms with E-state index in [9.17, 15) is 18.4 Å². The smallest absolute Gasteiger partial charge is 0.307 e. The number of hydrogen-bond acceptors (Lipinski definition) is 3. The lowest BCUT2D eigenvalue weighted by molar-refractivity contribution is -0.146. The van der Waals surface area contributed by atoms with Crippen molar-refractivity contribution in [3.63, 3.8) is 0 Å². The highest BCUT2D eigenvalue weighted by atomic mass is 19.3. The van der Waals surface area contributed by atoms with Gasteiger partial charge in [0, 0.05) is 12.5 Å². The van der Waals surface area contributed by atoms with E-state index < -0.39 is 42.8 Å². The molecule has 0 aromatic heterocycles. The first kappa shape index (κ1) is 14.8. The number of carbonyl (C=O) groups is 2. The largest absolute Gasteiger partial charge is 0.481 e. The number of aliphatic hydroxyl groups is 1. The highest BCUT2D eigenvalue weighted by Gasteiger charge is 2.26. The number of carbonyl (C=O) groups excluding carboxylic acids is 1. The van der Waals surface area contributed by atoms with Crippen LogP contribution in [-0.2, 0) is 9.59 Å². The number of hydrogen-bond donors (Lipinski definition) is 3. The van der Waals surface area contributed by atoms with Gasteiger partial charge < -0.3 is 15.5 Å². The summed E-state index contributed by atoms with van der Waals surface area (Å²) in [6.07, 6.45) is -4.87. The number of amides is 1. The second-order valence-corrected chi connectivity index (χ2v) is 3.56. The lowest BCUT2D eigenvalue weighted by Crippen LogP contribution is -2.40. The van der Waals surface area contributed by atoms with Crippen LogP contribution in [0.4, 0.5) is 8.78 Å². The number of halogens is 2. The molecule has 0 aliphatic heterocycles. The molecule has 0 aromatic carbocycles. The van der Waals surface area contributed by atoms with E-state index in [0.717, 1.165) is 0 Å². The summed E-state index contributed by atoms with van der Waals surface area (Å²) in [7, 11) is 0. The highest BCUT2D eigenvalue weighted by Crippen LogP contribution is 2.11. The Bertz CT molecular complexity index is 260. The lowest BCUT2D eigenvalue weighted by atomic mass is 9.95. The van der Waals surface area contributed by atoms with Crippen molar-refractivity contribution < 1.29 is 28.6 Å². The van der Waals surface area contributed by atoms with Crippen molar-refractivity contribution >= 4 is 11.9 Å². The monoisotopic (exact) mass is 239 g/mol. The Morgan fingerprint density at radius 1 is 1.25 bits per heavy atom. The number of rotatable bonds is 6. The summed E-state index contributed by atoms with van der Waals surface area (Å²) < 4.78 is 23.7. The van der Waals surface area contributed by atoms with Crippen molar-refractivity contribution in [3.8, 4) is 0 Å². The molecule has 0 aliphatic carbocycles. The van der Waals surface area contributed by atoms with Crippen LogP contribution in [0.5, 0.6) is 0 Å². The van der Waals surface area contributed by atoms with Crippen molar-refractivity contribution in [2.24, 2.45) is 11.8 Å². The van der Waals surface area contributed by atoms with E-state index in [1.165, 1.54) is 13.8 Å². The topological polar surface area (TPSA) is 86.6 Å². The Morgan fingerprint density at radius 3 is 2.12 bits per heavy atom. The Kier molecular flexibility index (Phi) is 5.87. The van der Waals surface area contributed by atoms with Gasteiger partial charge in [-0.1, -0.05) is 13.8 Å². The maximum atomic E-state index is 11.9. The first-order valence-corrected chi connectivity index (χ1v) is 4.74. The fourth-order valence-electron chi connectivity index (χ4n) is 0.896. The van der Waals surface area contributed by atoms with Gasteiger partial charge in [-0.15, -0.1) is 0 Å². The molecule has 3 N–H and O–H groups in total. The summed E-state index contributed by atoms with van der Waals surface area (Å²) in [5, 5.41) is 19.4. The summed E-state index contributed by atoms with van der Waals surface area (Å²) in [5.74, 6) is -3.57. The van der Waals surface area contributed by atoms with E-state index >= 15 is 0 Å². The third-order valence-corrected chi connectivity index (χ3v) is 2.33. The van der Waals surface area contributed by atoms with Crippen LogP contribution >= 0.6 is 0 Å². The summed E-state index contributed by atoms with van der Waals surface area (Å²) in [4.78, 5) is 21.8. The van der Waals surface area contributed by atoms with E-state index in [1.807, 2.05) is 0 Å². The van der Waals surface area contributed by atoms with Crippen molar-refractivity contribution in [2.75, 3.05) is 6.54 Å². The molecule has 0 aliphatic rings. The van der Waals surface area contributed by atoms with Crippen LogP contribution in [0.3, 0.4) is 0 Å². The van der Waals surface area contributed by atoms with E-state index in [2.05, 4.69) is 5.32 Å². The predicted octanol–water partition coefficient (Wildman–Crippen LogP) is 0.0854. The molecule has 0 saturated carbocycles. The number of aliphatic carboxylic acids is 1. The first-order valence-electron chi connectivity index (χ1n) is 4.74. The summed E-state index contributed by atoms with van der Waals surface area (Å²) in [6.45, 7) is 2.13. The fraction of sp³-hybridized carbons (Fsp3) is 0.778. The van der Waals surface area contributed by atoms with E-state index in [4.69, 9.17) is 10.2 Å². The molecule has 0 heterocycles. The van der Waals surface area contributed by atoms with Gasteiger partial charge in [-0.25, -0.2) is 8.78 Å². The minimum Gasteiger partial charge on any atom is -0.481 e. The Balaban J connectivity index is 4.12. The maximum absolute atomic E-state index is 11.9. The van der Waals surface area contributed by atoms with Gasteiger partial charge in [0.2, 0.25) is 5.91 Å². The Labute approximate surface area is 91.5 Å². The molecule has 0 fully saturated rings. The number of carboxylic acids is 1. The average molecular weight is 239 g/mol. The molecular weight excluding hydrogens is 224 g/mol. The average Bonchev–Trinajstić information content (AvgIpc) is 2.22. The zero-order valence-electron chi connectivity index (χ0n) is 8.98. The van der Waals surface area contributed by atoms with Gasteiger partial charge in [-0.3, -0.25) is 9.59 Å². The van der Waals surface area contributed by atoms with Crippen LogP contribution in [0.25, 0.3) is 0 Å². The van der Waals surface area contributed by atoms with Crippen LogP contribution in [0.1, 0.15) is 13.8 Å². The molecule has 0 bridgehead atoms. The van der Waals surface area contributed by atoms with Gasteiger partial charge in [0.15, 0.2) is 0 Å². The second-order valence-electron chi connectivity index (χ2n) is 3.56. The van der Waals surface area contributed by atoms with Crippen molar-refractivity contribution in [1.82, 2.24) is 5.32 Å². The molecule has 7 heteroatoms. The molecule has 0 saturated heterocycles. The molecule has 5 nitrogen and oxygen atoms in total. The third-order valence-electron chi connectivity index (χ3n) is 2.33. The Hall–Kier alpha value is -1.24. The van der Waals surface area contributed by atoms with Crippen molar-refractivity contribution in [2.45, 2.75) is 26.4 Å². The van der Waals surface area contributed by atoms with Crippen molar-refractivity contribution in [1.29, 1.82) is 0 Å². The molecular formula is C9H15F2NO4. The molecule has 94 valence electrons. The molecule has 0 rings (SSSR count). The predicted molar refractivity (Wildman–Crippen MR) is 51.0 cm³/mol. The van der Waals surface area contributed by atoms with E-state index in [-0.39, 0.29) is 0 Å². The number of nitrogens with one attached hydrogen (secondary N) is 1. The number of carboxylic acid groups (broad SMARTS) is 1. The van der Waals surface area contributed by atoms with Crippen LogP contribution < -0.4 is 5.32 Å². The molecule has 3 atom stereocenters. The quantitative estimate of drug-likeness (QED) is 0.613. The number of aliphatic hydroxyl groups excluding tert-OH is 1. The van der Waals surface area contributed by atoms with Gasteiger partial charge in [-0.2, -0.15) is 0 Å². The minimum atomic E-state index is -2.94. The van der Waals surface area contributed by atoms with Gasteiger partial charge in [0.25, 0.3) is 6.43 Å². The molecule has 0 radical (unpaired) electrons. The van der Waals surface area contributed by atoms with Crippen LogP contribution in [-0.4, -0.2) is 41.2 Å². The molecule has 0 aromatic rings. The first-order chi connectivity index (χ1) is 7.27. The SMILES string of the molecule is CC(C(=O)O)C(C)C(=O)NCC(O)C(F)F.